The highest BCUT2D eigenvalue weighted by Crippen LogP contribution is 2.42. The number of ether oxygens (including phenoxy) is 1. The number of methoxy groups -OCH3 is 1. The van der Waals surface area contributed by atoms with Gasteiger partial charge in [0, 0.05) is 15.6 Å². The zero-order chi connectivity index (χ0) is 11.6. The van der Waals surface area contributed by atoms with Gasteiger partial charge in [-0.25, -0.2) is 0 Å². The molecular formula is C13H18BrNO. The average Bonchev–Trinajstić information content (AvgIpc) is 2.29. The van der Waals surface area contributed by atoms with Crippen LogP contribution in [0.5, 0.6) is 5.75 Å². The maximum Gasteiger partial charge on any atom is 0.125 e. The van der Waals surface area contributed by atoms with Gasteiger partial charge in [0.25, 0.3) is 0 Å². The zero-order valence-corrected chi connectivity index (χ0v) is 11.2. The summed E-state index contributed by atoms with van der Waals surface area (Å²) in [4.78, 5) is 0. The van der Waals surface area contributed by atoms with Gasteiger partial charge in [-0.05, 0) is 25.0 Å². The van der Waals surface area contributed by atoms with Gasteiger partial charge in [0.15, 0.2) is 0 Å². The molecule has 0 aliphatic heterocycles. The Kier molecular flexibility index (Phi) is 3.55. The summed E-state index contributed by atoms with van der Waals surface area (Å²) in [5.74, 6) is 0.902. The number of hydrogen-bond donors (Lipinski definition) is 1. The van der Waals surface area contributed by atoms with Gasteiger partial charge in [0.05, 0.1) is 7.11 Å². The van der Waals surface area contributed by atoms with Crippen LogP contribution < -0.4 is 10.5 Å². The van der Waals surface area contributed by atoms with Crippen molar-refractivity contribution in [2.24, 2.45) is 5.73 Å². The Morgan fingerprint density at radius 2 is 1.94 bits per heavy atom. The van der Waals surface area contributed by atoms with E-state index < -0.39 is 0 Å². The van der Waals surface area contributed by atoms with Crippen LogP contribution in [0.1, 0.15) is 37.7 Å². The Morgan fingerprint density at radius 1 is 1.25 bits per heavy atom. The van der Waals surface area contributed by atoms with Crippen molar-refractivity contribution in [3.05, 3.63) is 28.2 Å². The number of rotatable bonds is 2. The van der Waals surface area contributed by atoms with Crippen molar-refractivity contribution in [3.8, 4) is 5.75 Å². The highest BCUT2D eigenvalue weighted by molar-refractivity contribution is 9.10. The molecule has 2 N–H and O–H groups in total. The van der Waals surface area contributed by atoms with Crippen molar-refractivity contribution < 1.29 is 4.74 Å². The molecule has 2 rings (SSSR count). The molecule has 2 nitrogen and oxygen atoms in total. The first-order valence-electron chi connectivity index (χ1n) is 5.79. The lowest BCUT2D eigenvalue weighted by atomic mass is 9.77. The highest BCUT2D eigenvalue weighted by atomic mass is 79.9. The molecule has 1 aromatic rings. The van der Waals surface area contributed by atoms with Crippen molar-refractivity contribution in [1.82, 2.24) is 0 Å². The maximum absolute atomic E-state index is 6.55. The van der Waals surface area contributed by atoms with E-state index in [1.54, 1.807) is 7.11 Å². The predicted octanol–water partition coefficient (Wildman–Crippen LogP) is 3.58. The van der Waals surface area contributed by atoms with E-state index in [0.29, 0.717) is 0 Å². The monoisotopic (exact) mass is 283 g/mol. The molecule has 0 aromatic heterocycles. The summed E-state index contributed by atoms with van der Waals surface area (Å²) in [5, 5.41) is 0. The van der Waals surface area contributed by atoms with E-state index >= 15 is 0 Å². The largest absolute Gasteiger partial charge is 0.496 e. The highest BCUT2D eigenvalue weighted by Gasteiger charge is 2.33. The molecule has 1 saturated carbocycles. The van der Waals surface area contributed by atoms with Gasteiger partial charge < -0.3 is 10.5 Å². The van der Waals surface area contributed by atoms with E-state index in [-0.39, 0.29) is 5.54 Å². The first-order chi connectivity index (χ1) is 7.67. The molecule has 1 fully saturated rings. The molecule has 0 heterocycles. The molecule has 0 amide bonds. The second kappa shape index (κ2) is 4.76. The first-order valence-corrected chi connectivity index (χ1v) is 6.58. The van der Waals surface area contributed by atoms with E-state index in [0.717, 1.165) is 28.6 Å². The van der Waals surface area contributed by atoms with Gasteiger partial charge in [0.2, 0.25) is 0 Å². The van der Waals surface area contributed by atoms with E-state index in [1.165, 1.54) is 19.3 Å². The second-order valence-electron chi connectivity index (χ2n) is 4.53. The fourth-order valence-electron chi connectivity index (χ4n) is 2.59. The third kappa shape index (κ3) is 2.11. The van der Waals surface area contributed by atoms with Crippen molar-refractivity contribution in [1.29, 1.82) is 0 Å². The molecule has 1 aliphatic carbocycles. The van der Waals surface area contributed by atoms with Crippen LogP contribution in [0.3, 0.4) is 0 Å². The maximum atomic E-state index is 6.55. The number of nitrogens with two attached hydrogens (primary N) is 1. The van der Waals surface area contributed by atoms with Crippen LogP contribution in [-0.4, -0.2) is 7.11 Å². The Bertz CT molecular complexity index is 372. The van der Waals surface area contributed by atoms with Crippen molar-refractivity contribution >= 4 is 15.9 Å². The Labute approximate surface area is 105 Å². The summed E-state index contributed by atoms with van der Waals surface area (Å²) >= 11 is 3.60. The van der Waals surface area contributed by atoms with Crippen LogP contribution >= 0.6 is 15.9 Å². The lowest BCUT2D eigenvalue weighted by Gasteiger charge is -2.35. The Balaban J connectivity index is 2.44. The van der Waals surface area contributed by atoms with Crippen LogP contribution in [0.2, 0.25) is 0 Å². The van der Waals surface area contributed by atoms with Crippen LogP contribution in [0.4, 0.5) is 0 Å². The molecule has 0 atom stereocenters. The molecule has 0 bridgehead atoms. The second-order valence-corrected chi connectivity index (χ2v) is 5.39. The molecule has 88 valence electrons. The summed E-state index contributed by atoms with van der Waals surface area (Å²) < 4.78 is 6.50. The van der Waals surface area contributed by atoms with Crippen LogP contribution in [0.15, 0.2) is 22.7 Å². The molecular weight excluding hydrogens is 266 g/mol. The van der Waals surface area contributed by atoms with Gasteiger partial charge in [-0.15, -0.1) is 0 Å². The van der Waals surface area contributed by atoms with Gasteiger partial charge in [-0.1, -0.05) is 41.3 Å². The van der Waals surface area contributed by atoms with E-state index in [9.17, 15) is 0 Å². The van der Waals surface area contributed by atoms with Crippen molar-refractivity contribution in [3.63, 3.8) is 0 Å². The molecule has 0 saturated heterocycles. The average molecular weight is 284 g/mol. The van der Waals surface area contributed by atoms with E-state index in [2.05, 4.69) is 15.9 Å². The normalized spacial score (nSPS) is 19.4. The van der Waals surface area contributed by atoms with Crippen molar-refractivity contribution in [2.45, 2.75) is 37.6 Å². The Morgan fingerprint density at radius 3 is 2.56 bits per heavy atom. The van der Waals surface area contributed by atoms with E-state index in [4.69, 9.17) is 10.5 Å². The Hall–Kier alpha value is -0.540. The van der Waals surface area contributed by atoms with Gasteiger partial charge in [-0.2, -0.15) is 0 Å². The van der Waals surface area contributed by atoms with Crippen LogP contribution in [-0.2, 0) is 5.54 Å². The fourth-order valence-corrected chi connectivity index (χ4v) is 3.33. The lowest BCUT2D eigenvalue weighted by molar-refractivity contribution is 0.288. The summed E-state index contributed by atoms with van der Waals surface area (Å²) in [6.07, 6.45) is 5.81. The van der Waals surface area contributed by atoms with Gasteiger partial charge in [-0.3, -0.25) is 0 Å². The first kappa shape index (κ1) is 11.9. The third-order valence-corrected chi connectivity index (χ3v) is 4.10. The van der Waals surface area contributed by atoms with Crippen LogP contribution in [0, 0.1) is 0 Å². The molecule has 1 aromatic carbocycles. The molecule has 0 radical (unpaired) electrons. The van der Waals surface area contributed by atoms with Crippen molar-refractivity contribution in [2.75, 3.05) is 7.11 Å². The molecule has 16 heavy (non-hydrogen) atoms. The minimum absolute atomic E-state index is 0.219. The predicted molar refractivity (Wildman–Crippen MR) is 69.6 cm³/mol. The number of benzene rings is 1. The number of hydrogen-bond acceptors (Lipinski definition) is 2. The SMILES string of the molecule is COc1cccc(Br)c1C1(N)CCCCC1. The standard InChI is InChI=1S/C13H18BrNO/c1-16-11-7-5-6-10(14)12(11)13(15)8-3-2-4-9-13/h5-7H,2-4,8-9,15H2,1H3. The minimum atomic E-state index is -0.219. The fraction of sp³-hybridized carbons (Fsp3) is 0.538. The van der Waals surface area contributed by atoms with Gasteiger partial charge in [0.1, 0.15) is 5.75 Å². The molecule has 0 unspecified atom stereocenters. The topological polar surface area (TPSA) is 35.2 Å². The van der Waals surface area contributed by atoms with E-state index in [1.807, 2.05) is 18.2 Å². The molecule has 1 aliphatic rings. The molecule has 0 spiro atoms. The lowest BCUT2D eigenvalue weighted by Crippen LogP contribution is -2.39. The van der Waals surface area contributed by atoms with Gasteiger partial charge >= 0.3 is 0 Å². The third-order valence-electron chi connectivity index (χ3n) is 3.44. The van der Waals surface area contributed by atoms with Crippen LogP contribution in [0.25, 0.3) is 0 Å². The summed E-state index contributed by atoms with van der Waals surface area (Å²) in [5.41, 5.74) is 7.47. The minimum Gasteiger partial charge on any atom is -0.496 e. The summed E-state index contributed by atoms with van der Waals surface area (Å²) in [6, 6.07) is 6.02. The smallest absolute Gasteiger partial charge is 0.125 e. The summed E-state index contributed by atoms with van der Waals surface area (Å²) in [6.45, 7) is 0. The zero-order valence-electron chi connectivity index (χ0n) is 9.63. The molecule has 3 heteroatoms. The quantitative estimate of drug-likeness (QED) is 0.901. The number of halogens is 1. The summed E-state index contributed by atoms with van der Waals surface area (Å²) in [7, 11) is 1.71.